The molecular formula is C14H11N9O2. The summed E-state index contributed by atoms with van der Waals surface area (Å²) in [4.78, 5) is 10.3. The first kappa shape index (κ1) is 14.8. The molecule has 0 aliphatic heterocycles. The summed E-state index contributed by atoms with van der Waals surface area (Å²) in [6, 6.07) is 7.86. The summed E-state index contributed by atoms with van der Waals surface area (Å²) < 4.78 is 3.00. The average Bonchev–Trinajstić information content (AvgIpc) is 3.17. The maximum Gasteiger partial charge on any atom is 0.291 e. The van der Waals surface area contributed by atoms with Gasteiger partial charge in [0.05, 0.1) is 10.6 Å². The van der Waals surface area contributed by atoms with Crippen LogP contribution in [0.2, 0.25) is 0 Å². The molecule has 11 nitrogen and oxygen atoms in total. The van der Waals surface area contributed by atoms with Crippen LogP contribution >= 0.6 is 0 Å². The van der Waals surface area contributed by atoms with Crippen LogP contribution in [0.25, 0.3) is 23.1 Å². The molecule has 0 fully saturated rings. The van der Waals surface area contributed by atoms with Crippen LogP contribution in [0, 0.1) is 24.0 Å². The molecule has 0 saturated carbocycles. The zero-order valence-corrected chi connectivity index (χ0v) is 13.2. The fourth-order valence-corrected chi connectivity index (χ4v) is 2.45. The molecule has 25 heavy (non-hydrogen) atoms. The van der Waals surface area contributed by atoms with Crippen LogP contribution in [0.4, 0.5) is 5.69 Å². The Morgan fingerprint density at radius 3 is 2.36 bits per heavy atom. The van der Waals surface area contributed by atoms with Gasteiger partial charge < -0.3 is 0 Å². The van der Waals surface area contributed by atoms with Crippen LogP contribution in [-0.2, 0) is 0 Å². The summed E-state index contributed by atoms with van der Waals surface area (Å²) in [6.07, 6.45) is 0. The van der Waals surface area contributed by atoms with Crippen molar-refractivity contribution in [2.75, 3.05) is 0 Å². The van der Waals surface area contributed by atoms with Crippen molar-refractivity contribution < 1.29 is 4.92 Å². The molecule has 3 heterocycles. The summed E-state index contributed by atoms with van der Waals surface area (Å²) in [5.41, 5.74) is 2.32. The van der Waals surface area contributed by atoms with Gasteiger partial charge in [-0.05, 0) is 32.0 Å². The van der Waals surface area contributed by atoms with E-state index < -0.39 is 4.92 Å². The molecule has 3 aromatic heterocycles. The molecule has 0 saturated heterocycles. The molecule has 0 bridgehead atoms. The number of fused-ring (bicyclic) bond motifs is 1. The molecule has 0 aliphatic rings. The number of nitro groups is 1. The third-order valence-corrected chi connectivity index (χ3v) is 3.58. The highest BCUT2D eigenvalue weighted by atomic mass is 16.6. The monoisotopic (exact) mass is 337 g/mol. The van der Waals surface area contributed by atoms with E-state index in [1.807, 2.05) is 19.9 Å². The third-order valence-electron chi connectivity index (χ3n) is 3.58. The Balaban J connectivity index is 1.84. The quantitative estimate of drug-likeness (QED) is 0.404. The fraction of sp³-hybridized carbons (Fsp3) is 0.143. The summed E-state index contributed by atoms with van der Waals surface area (Å²) in [7, 11) is 0. The van der Waals surface area contributed by atoms with E-state index in [0.717, 1.165) is 11.4 Å². The predicted molar refractivity (Wildman–Crippen MR) is 85.1 cm³/mol. The maximum absolute atomic E-state index is 10.8. The molecule has 11 heteroatoms. The summed E-state index contributed by atoms with van der Waals surface area (Å²) in [6.45, 7) is 3.76. The number of nitro benzene ring substituents is 1. The summed E-state index contributed by atoms with van der Waals surface area (Å²) >= 11 is 0. The van der Waals surface area contributed by atoms with Crippen molar-refractivity contribution in [1.82, 2.24) is 39.8 Å². The standard InChI is InChI=1S/C14H11N9O2/c1-8-7-9(2)21(19-8)14-18-17-13-16-15-12(22(13)20-14)10-3-5-11(6-4-10)23(24)25/h3-7H,1-2H3. The molecule has 0 amide bonds. The van der Waals surface area contributed by atoms with E-state index in [9.17, 15) is 10.1 Å². The Bertz CT molecular complexity index is 1100. The Morgan fingerprint density at radius 2 is 1.72 bits per heavy atom. The second-order valence-corrected chi connectivity index (χ2v) is 5.38. The van der Waals surface area contributed by atoms with Gasteiger partial charge in [0.2, 0.25) is 0 Å². The lowest BCUT2D eigenvalue weighted by Crippen LogP contribution is -2.10. The Hall–Kier alpha value is -3.76. The van der Waals surface area contributed by atoms with Gasteiger partial charge in [-0.1, -0.05) is 0 Å². The van der Waals surface area contributed by atoms with E-state index in [1.54, 1.807) is 16.8 Å². The van der Waals surface area contributed by atoms with E-state index in [2.05, 4.69) is 30.6 Å². The van der Waals surface area contributed by atoms with E-state index in [0.29, 0.717) is 11.4 Å². The van der Waals surface area contributed by atoms with Crippen LogP contribution in [0.1, 0.15) is 11.4 Å². The van der Waals surface area contributed by atoms with E-state index in [4.69, 9.17) is 0 Å². The van der Waals surface area contributed by atoms with Crippen LogP contribution in [0.15, 0.2) is 30.3 Å². The molecule has 0 aliphatic carbocycles. The SMILES string of the molecule is Cc1cc(C)n(-c2nnc3nnc(-c4ccc([N+](=O)[O-])cc4)n3n2)n1. The maximum atomic E-state index is 10.8. The van der Waals surface area contributed by atoms with Gasteiger partial charge in [-0.2, -0.15) is 9.61 Å². The summed E-state index contributed by atoms with van der Waals surface area (Å²) in [5.74, 6) is 0.905. The van der Waals surface area contributed by atoms with E-state index in [-0.39, 0.29) is 17.4 Å². The van der Waals surface area contributed by atoms with Crippen molar-refractivity contribution >= 4 is 11.5 Å². The zero-order valence-electron chi connectivity index (χ0n) is 13.2. The second-order valence-electron chi connectivity index (χ2n) is 5.38. The van der Waals surface area contributed by atoms with E-state index >= 15 is 0 Å². The number of benzene rings is 1. The van der Waals surface area contributed by atoms with Gasteiger partial charge in [-0.25, -0.2) is 4.68 Å². The van der Waals surface area contributed by atoms with Crippen LogP contribution in [-0.4, -0.2) is 44.7 Å². The first-order chi connectivity index (χ1) is 12.0. The molecule has 0 radical (unpaired) electrons. The van der Waals surface area contributed by atoms with Gasteiger partial charge in [-0.3, -0.25) is 10.1 Å². The molecule has 0 N–H and O–H groups in total. The first-order valence-corrected chi connectivity index (χ1v) is 7.27. The molecule has 124 valence electrons. The number of rotatable bonds is 3. The van der Waals surface area contributed by atoms with Gasteiger partial charge in [0.25, 0.3) is 17.4 Å². The van der Waals surface area contributed by atoms with Gasteiger partial charge in [0, 0.05) is 23.4 Å². The number of hydrogen-bond acceptors (Lipinski definition) is 8. The van der Waals surface area contributed by atoms with Gasteiger partial charge >= 0.3 is 0 Å². The zero-order chi connectivity index (χ0) is 17.6. The van der Waals surface area contributed by atoms with Crippen LogP contribution in [0.5, 0.6) is 0 Å². The van der Waals surface area contributed by atoms with Crippen molar-refractivity contribution in [2.24, 2.45) is 0 Å². The Kier molecular flexibility index (Phi) is 3.20. The fourth-order valence-electron chi connectivity index (χ4n) is 2.45. The molecule has 0 atom stereocenters. The molecule has 4 rings (SSSR count). The number of non-ortho nitro benzene ring substituents is 1. The molecule has 4 aromatic rings. The normalized spacial score (nSPS) is 11.1. The van der Waals surface area contributed by atoms with Crippen molar-refractivity contribution in [3.63, 3.8) is 0 Å². The topological polar surface area (TPSA) is 130 Å². The van der Waals surface area contributed by atoms with Crippen molar-refractivity contribution in [1.29, 1.82) is 0 Å². The minimum absolute atomic E-state index is 0.00588. The van der Waals surface area contributed by atoms with Gasteiger partial charge in [-0.15, -0.1) is 25.5 Å². The Labute approximate surface area is 140 Å². The number of nitrogens with zero attached hydrogens (tertiary/aromatic N) is 9. The Morgan fingerprint density at radius 1 is 1.00 bits per heavy atom. The van der Waals surface area contributed by atoms with Gasteiger partial charge in [0.1, 0.15) is 0 Å². The smallest absolute Gasteiger partial charge is 0.258 e. The van der Waals surface area contributed by atoms with E-state index in [1.165, 1.54) is 16.6 Å². The predicted octanol–water partition coefficient (Wildman–Crippen LogP) is 1.29. The number of hydrogen-bond donors (Lipinski definition) is 0. The lowest BCUT2D eigenvalue weighted by molar-refractivity contribution is -0.384. The van der Waals surface area contributed by atoms with Crippen molar-refractivity contribution in [3.8, 4) is 17.3 Å². The molecular weight excluding hydrogens is 326 g/mol. The van der Waals surface area contributed by atoms with Crippen LogP contribution in [0.3, 0.4) is 0 Å². The lowest BCUT2D eigenvalue weighted by Gasteiger charge is -2.02. The molecule has 0 spiro atoms. The van der Waals surface area contributed by atoms with Crippen LogP contribution < -0.4 is 0 Å². The van der Waals surface area contributed by atoms with Crippen molar-refractivity contribution in [3.05, 3.63) is 51.8 Å². The number of aryl methyl sites for hydroxylation is 2. The second kappa shape index (κ2) is 5.40. The highest BCUT2D eigenvalue weighted by molar-refractivity contribution is 5.59. The largest absolute Gasteiger partial charge is 0.291 e. The minimum Gasteiger partial charge on any atom is -0.258 e. The third kappa shape index (κ3) is 2.47. The van der Waals surface area contributed by atoms with Gasteiger partial charge in [0.15, 0.2) is 5.82 Å². The minimum atomic E-state index is -0.462. The first-order valence-electron chi connectivity index (χ1n) is 7.27. The summed E-state index contributed by atoms with van der Waals surface area (Å²) in [5, 5.41) is 35.5. The highest BCUT2D eigenvalue weighted by Gasteiger charge is 2.15. The number of aromatic nitrogens is 8. The lowest BCUT2D eigenvalue weighted by atomic mass is 10.2. The highest BCUT2D eigenvalue weighted by Crippen LogP contribution is 2.20. The molecule has 0 unspecified atom stereocenters. The average molecular weight is 337 g/mol. The van der Waals surface area contributed by atoms with Crippen molar-refractivity contribution in [2.45, 2.75) is 13.8 Å². The molecule has 1 aromatic carbocycles.